The number of hydrogen-bond acceptors (Lipinski definition) is 4. The molecule has 0 aliphatic carbocycles. The maximum atomic E-state index is 14.0. The van der Waals surface area contributed by atoms with E-state index in [4.69, 9.17) is 0 Å². The second-order valence-electron chi connectivity index (χ2n) is 6.51. The first-order valence-corrected chi connectivity index (χ1v) is 9.49. The van der Waals surface area contributed by atoms with Gasteiger partial charge < -0.3 is 9.80 Å². The summed E-state index contributed by atoms with van der Waals surface area (Å²) in [6, 6.07) is 2.19. The third-order valence-corrected chi connectivity index (χ3v) is 5.90. The van der Waals surface area contributed by atoms with Crippen molar-refractivity contribution in [1.82, 2.24) is 9.80 Å². The van der Waals surface area contributed by atoms with E-state index in [1.54, 1.807) is 14.1 Å². The lowest BCUT2D eigenvalue weighted by Crippen LogP contribution is -2.40. The SMILES string of the molecule is CC1CCN(C(=O)/C(=C/N(C)C)S(=O)(=O)c2ccc(F)cc2F)CC1. The van der Waals surface area contributed by atoms with Gasteiger partial charge in [-0.25, -0.2) is 17.2 Å². The third-order valence-electron chi connectivity index (χ3n) is 4.13. The van der Waals surface area contributed by atoms with E-state index in [9.17, 15) is 22.0 Å². The highest BCUT2D eigenvalue weighted by Gasteiger charge is 2.34. The summed E-state index contributed by atoms with van der Waals surface area (Å²) in [7, 11) is -1.28. The zero-order valence-electron chi connectivity index (χ0n) is 14.5. The number of halogens is 2. The largest absolute Gasteiger partial charge is 0.382 e. The fraction of sp³-hybridized carbons (Fsp3) is 0.471. The van der Waals surface area contributed by atoms with Crippen molar-refractivity contribution in [1.29, 1.82) is 0 Å². The molecule has 8 heteroatoms. The number of sulfone groups is 1. The maximum absolute atomic E-state index is 14.0. The van der Waals surface area contributed by atoms with Gasteiger partial charge >= 0.3 is 0 Å². The fourth-order valence-corrected chi connectivity index (χ4v) is 4.16. The Morgan fingerprint density at radius 2 is 1.84 bits per heavy atom. The number of carbonyl (C=O) groups excluding carboxylic acids is 1. The Morgan fingerprint density at radius 3 is 2.36 bits per heavy atom. The minimum Gasteiger partial charge on any atom is -0.382 e. The number of rotatable bonds is 4. The first kappa shape index (κ1) is 19.4. The topological polar surface area (TPSA) is 57.7 Å². The van der Waals surface area contributed by atoms with E-state index in [0.717, 1.165) is 25.0 Å². The van der Waals surface area contributed by atoms with Crippen LogP contribution in [0.5, 0.6) is 0 Å². The van der Waals surface area contributed by atoms with Gasteiger partial charge in [-0.05, 0) is 30.9 Å². The van der Waals surface area contributed by atoms with Crippen LogP contribution >= 0.6 is 0 Å². The molecule has 1 aromatic rings. The number of likely N-dealkylation sites (tertiary alicyclic amines) is 1. The van der Waals surface area contributed by atoms with E-state index in [2.05, 4.69) is 6.92 Å². The summed E-state index contributed by atoms with van der Waals surface area (Å²) in [5, 5.41) is 0. The average molecular weight is 372 g/mol. The predicted molar refractivity (Wildman–Crippen MR) is 90.3 cm³/mol. The molecule has 1 amide bonds. The Hall–Kier alpha value is -1.96. The summed E-state index contributed by atoms with van der Waals surface area (Å²) in [6.07, 6.45) is 2.73. The molecule has 0 N–H and O–H groups in total. The quantitative estimate of drug-likeness (QED) is 0.602. The van der Waals surface area contributed by atoms with Gasteiger partial charge in [0.05, 0.1) is 0 Å². The summed E-state index contributed by atoms with van der Waals surface area (Å²) >= 11 is 0. The van der Waals surface area contributed by atoms with Crippen LogP contribution in [0, 0.1) is 17.6 Å². The predicted octanol–water partition coefficient (Wildman–Crippen LogP) is 2.40. The van der Waals surface area contributed by atoms with Crippen molar-refractivity contribution in [3.05, 3.63) is 40.9 Å². The van der Waals surface area contributed by atoms with Crippen LogP contribution in [0.2, 0.25) is 0 Å². The molecule has 1 saturated heterocycles. The van der Waals surface area contributed by atoms with Crippen molar-refractivity contribution < 1.29 is 22.0 Å². The van der Waals surface area contributed by atoms with Gasteiger partial charge in [0.15, 0.2) is 4.91 Å². The standard InChI is InChI=1S/C17H22F2N2O3S/c1-12-6-8-21(9-7-12)17(22)16(11-20(2)3)25(23,24)15-5-4-13(18)10-14(15)19/h4-5,10-12H,6-9H2,1-3H3/b16-11-. The summed E-state index contributed by atoms with van der Waals surface area (Å²) in [5.74, 6) is -2.29. The van der Waals surface area contributed by atoms with Gasteiger partial charge in [0.25, 0.3) is 5.91 Å². The van der Waals surface area contributed by atoms with Crippen LogP contribution in [0.1, 0.15) is 19.8 Å². The third kappa shape index (κ3) is 4.36. The van der Waals surface area contributed by atoms with Gasteiger partial charge in [-0.15, -0.1) is 0 Å². The molecule has 1 aliphatic heterocycles. The Labute approximate surface area is 146 Å². The maximum Gasteiger partial charge on any atom is 0.267 e. The summed E-state index contributed by atoms with van der Waals surface area (Å²) in [4.78, 5) is 14.5. The van der Waals surface area contributed by atoms with Crippen LogP contribution < -0.4 is 0 Å². The number of amides is 1. The highest BCUT2D eigenvalue weighted by Crippen LogP contribution is 2.26. The van der Waals surface area contributed by atoms with Crippen molar-refractivity contribution in [3.63, 3.8) is 0 Å². The molecular formula is C17H22F2N2O3S. The molecule has 2 rings (SSSR count). The van der Waals surface area contributed by atoms with Crippen molar-refractivity contribution in [2.24, 2.45) is 5.92 Å². The Balaban J connectivity index is 2.45. The first-order chi connectivity index (χ1) is 11.6. The summed E-state index contributed by atoms with van der Waals surface area (Å²) < 4.78 is 52.8. The molecule has 138 valence electrons. The fourth-order valence-electron chi connectivity index (χ4n) is 2.65. The van der Waals surface area contributed by atoms with Crippen molar-refractivity contribution in [2.45, 2.75) is 24.7 Å². The molecule has 0 atom stereocenters. The summed E-state index contributed by atoms with van der Waals surface area (Å²) in [6.45, 7) is 2.97. The molecule has 5 nitrogen and oxygen atoms in total. The molecule has 0 saturated carbocycles. The number of piperidine rings is 1. The van der Waals surface area contributed by atoms with Crippen LogP contribution in [0.25, 0.3) is 0 Å². The lowest BCUT2D eigenvalue weighted by molar-refractivity contribution is -0.127. The molecule has 0 bridgehead atoms. The molecule has 25 heavy (non-hydrogen) atoms. The number of carbonyl (C=O) groups is 1. The van der Waals surface area contributed by atoms with Crippen molar-refractivity contribution in [3.8, 4) is 0 Å². The van der Waals surface area contributed by atoms with E-state index in [1.165, 1.54) is 16.0 Å². The monoisotopic (exact) mass is 372 g/mol. The lowest BCUT2D eigenvalue weighted by Gasteiger charge is -2.31. The van der Waals surface area contributed by atoms with Crippen LogP contribution in [-0.4, -0.2) is 51.3 Å². The molecule has 1 heterocycles. The molecule has 1 aliphatic rings. The van der Waals surface area contributed by atoms with Gasteiger partial charge in [0, 0.05) is 39.5 Å². The van der Waals surface area contributed by atoms with Crippen LogP contribution in [0.15, 0.2) is 34.2 Å². The van der Waals surface area contributed by atoms with Gasteiger partial charge in [-0.3, -0.25) is 4.79 Å². The Bertz CT molecular complexity index is 783. The van der Waals surface area contributed by atoms with Crippen LogP contribution in [0.4, 0.5) is 8.78 Å². The molecule has 1 aromatic carbocycles. The first-order valence-electron chi connectivity index (χ1n) is 8.00. The minimum absolute atomic E-state index is 0.451. The Kier molecular flexibility index (Phi) is 5.82. The second kappa shape index (κ2) is 7.51. The summed E-state index contributed by atoms with van der Waals surface area (Å²) in [5.41, 5.74) is 0. The van der Waals surface area contributed by atoms with Gasteiger partial charge in [-0.1, -0.05) is 6.92 Å². The minimum atomic E-state index is -4.42. The van der Waals surface area contributed by atoms with Crippen molar-refractivity contribution >= 4 is 15.7 Å². The van der Waals surface area contributed by atoms with E-state index < -0.39 is 37.2 Å². The smallest absolute Gasteiger partial charge is 0.267 e. The highest BCUT2D eigenvalue weighted by molar-refractivity contribution is 7.96. The lowest BCUT2D eigenvalue weighted by atomic mass is 9.99. The molecule has 0 unspecified atom stereocenters. The highest BCUT2D eigenvalue weighted by atomic mass is 32.2. The number of nitrogens with zero attached hydrogens (tertiary/aromatic N) is 2. The normalized spacial score (nSPS) is 16.8. The second-order valence-corrected chi connectivity index (χ2v) is 8.40. The molecule has 1 fully saturated rings. The van der Waals surface area contributed by atoms with E-state index in [-0.39, 0.29) is 0 Å². The average Bonchev–Trinajstić information content (AvgIpc) is 2.52. The van der Waals surface area contributed by atoms with E-state index >= 15 is 0 Å². The van der Waals surface area contributed by atoms with Gasteiger partial charge in [0.2, 0.25) is 9.84 Å². The van der Waals surface area contributed by atoms with Gasteiger partial charge in [0.1, 0.15) is 16.5 Å². The zero-order valence-corrected chi connectivity index (χ0v) is 15.3. The number of benzene rings is 1. The molecule has 0 radical (unpaired) electrons. The van der Waals surface area contributed by atoms with E-state index in [0.29, 0.717) is 25.1 Å². The van der Waals surface area contributed by atoms with Crippen LogP contribution in [-0.2, 0) is 14.6 Å². The molecule has 0 aromatic heterocycles. The number of hydrogen-bond donors (Lipinski definition) is 0. The van der Waals surface area contributed by atoms with Crippen LogP contribution in [0.3, 0.4) is 0 Å². The molecule has 0 spiro atoms. The molecular weight excluding hydrogens is 350 g/mol. The Morgan fingerprint density at radius 1 is 1.24 bits per heavy atom. The van der Waals surface area contributed by atoms with Gasteiger partial charge in [-0.2, -0.15) is 0 Å². The zero-order chi connectivity index (χ0) is 18.8. The van der Waals surface area contributed by atoms with E-state index in [1.807, 2.05) is 0 Å². The van der Waals surface area contributed by atoms with Crippen molar-refractivity contribution in [2.75, 3.05) is 27.2 Å².